The maximum Gasteiger partial charge on any atom is 0.306 e. The predicted octanol–water partition coefficient (Wildman–Crippen LogP) is 18.1. The summed E-state index contributed by atoms with van der Waals surface area (Å²) in [6, 6.07) is 0. The summed E-state index contributed by atoms with van der Waals surface area (Å²) in [6.07, 6.45) is 51.0. The molecule has 0 fully saturated rings. The fourth-order valence-electron chi connectivity index (χ4n) is 8.49. The lowest BCUT2D eigenvalue weighted by Gasteiger charge is -2.18. The predicted molar refractivity (Wildman–Crippen MR) is 266 cm³/mol. The third-order valence-electron chi connectivity index (χ3n) is 13.1. The molecule has 0 saturated carbocycles. The van der Waals surface area contributed by atoms with Gasteiger partial charge in [0.05, 0.1) is 0 Å². The first-order valence-electron chi connectivity index (χ1n) is 27.8. The Labute approximate surface area is 387 Å². The average Bonchev–Trinajstić information content (AvgIpc) is 3.26. The zero-order chi connectivity index (χ0) is 45.4. The first kappa shape index (κ1) is 60.4. The first-order chi connectivity index (χ1) is 30.3. The lowest BCUT2D eigenvalue weighted by molar-refractivity contribution is -0.167. The molecule has 0 aliphatic heterocycles. The van der Waals surface area contributed by atoms with Crippen molar-refractivity contribution in [2.45, 2.75) is 317 Å². The Bertz CT molecular complexity index is 949. The van der Waals surface area contributed by atoms with Gasteiger partial charge >= 0.3 is 17.9 Å². The maximum absolute atomic E-state index is 12.8. The van der Waals surface area contributed by atoms with E-state index in [9.17, 15) is 14.4 Å². The molecule has 368 valence electrons. The van der Waals surface area contributed by atoms with Gasteiger partial charge in [0.2, 0.25) is 0 Å². The van der Waals surface area contributed by atoms with Crippen LogP contribution < -0.4 is 0 Å². The van der Waals surface area contributed by atoms with Crippen molar-refractivity contribution in [2.24, 2.45) is 11.8 Å². The summed E-state index contributed by atoms with van der Waals surface area (Å²) in [6.45, 7) is 11.4. The number of hydrogen-bond donors (Lipinski definition) is 0. The van der Waals surface area contributed by atoms with Crippen LogP contribution in [0.2, 0.25) is 0 Å². The Morgan fingerprint density at radius 3 is 0.919 bits per heavy atom. The van der Waals surface area contributed by atoms with Gasteiger partial charge in [0.25, 0.3) is 0 Å². The number of carbonyl (C=O) groups is 3. The summed E-state index contributed by atoms with van der Waals surface area (Å²) >= 11 is 0. The molecule has 6 heteroatoms. The van der Waals surface area contributed by atoms with Gasteiger partial charge in [-0.3, -0.25) is 14.4 Å². The average molecular weight is 877 g/mol. The van der Waals surface area contributed by atoms with E-state index in [0.29, 0.717) is 19.3 Å². The number of hydrogen-bond acceptors (Lipinski definition) is 6. The SMILES string of the molecule is CCCCCCCCCCCCCCCC(=O)O[C@@H](COC(=O)CCCCCCCCCCCCCCCCCCCCC(C)C)COC(=O)CCCCCCCCC(C)CC. The molecular formula is C56H108O6. The third kappa shape index (κ3) is 47.9. The smallest absolute Gasteiger partial charge is 0.306 e. The number of esters is 3. The van der Waals surface area contributed by atoms with Crippen molar-refractivity contribution in [3.05, 3.63) is 0 Å². The fraction of sp³-hybridized carbons (Fsp3) is 0.946. The number of ether oxygens (including phenoxy) is 3. The fourth-order valence-corrected chi connectivity index (χ4v) is 8.49. The van der Waals surface area contributed by atoms with E-state index in [1.54, 1.807) is 0 Å². The summed E-state index contributed by atoms with van der Waals surface area (Å²) in [5.41, 5.74) is 0. The van der Waals surface area contributed by atoms with Crippen molar-refractivity contribution >= 4 is 17.9 Å². The van der Waals surface area contributed by atoms with Crippen LogP contribution in [0.25, 0.3) is 0 Å². The highest BCUT2D eigenvalue weighted by Gasteiger charge is 2.19. The van der Waals surface area contributed by atoms with E-state index in [1.165, 1.54) is 199 Å². The molecule has 0 aromatic heterocycles. The third-order valence-corrected chi connectivity index (χ3v) is 13.1. The molecule has 1 unspecified atom stereocenters. The van der Waals surface area contributed by atoms with Crippen molar-refractivity contribution in [3.63, 3.8) is 0 Å². The Balaban J connectivity index is 4.20. The van der Waals surface area contributed by atoms with Gasteiger partial charge in [-0.1, -0.05) is 272 Å². The Hall–Kier alpha value is -1.59. The zero-order valence-corrected chi connectivity index (χ0v) is 42.5. The molecule has 0 bridgehead atoms. The van der Waals surface area contributed by atoms with Gasteiger partial charge in [0.1, 0.15) is 13.2 Å². The largest absolute Gasteiger partial charge is 0.462 e. The molecule has 0 rings (SSSR count). The minimum atomic E-state index is -0.762. The van der Waals surface area contributed by atoms with E-state index in [-0.39, 0.29) is 31.1 Å². The summed E-state index contributed by atoms with van der Waals surface area (Å²) in [5, 5.41) is 0. The van der Waals surface area contributed by atoms with Crippen molar-refractivity contribution < 1.29 is 28.6 Å². The molecule has 0 N–H and O–H groups in total. The van der Waals surface area contributed by atoms with E-state index in [1.807, 2.05) is 0 Å². The van der Waals surface area contributed by atoms with Crippen LogP contribution in [0.5, 0.6) is 0 Å². The number of unbranched alkanes of at least 4 members (excludes halogenated alkanes) is 34. The van der Waals surface area contributed by atoms with E-state index in [4.69, 9.17) is 14.2 Å². The van der Waals surface area contributed by atoms with Crippen LogP contribution >= 0.6 is 0 Å². The van der Waals surface area contributed by atoms with Gasteiger partial charge in [0.15, 0.2) is 6.10 Å². The van der Waals surface area contributed by atoms with Crippen LogP contribution in [0.4, 0.5) is 0 Å². The van der Waals surface area contributed by atoms with Gasteiger partial charge in [-0.05, 0) is 31.1 Å². The summed E-state index contributed by atoms with van der Waals surface area (Å²) < 4.78 is 16.8. The minimum Gasteiger partial charge on any atom is -0.462 e. The van der Waals surface area contributed by atoms with E-state index in [0.717, 1.165) is 69.6 Å². The van der Waals surface area contributed by atoms with Crippen molar-refractivity contribution in [1.82, 2.24) is 0 Å². The highest BCUT2D eigenvalue weighted by molar-refractivity contribution is 5.71. The number of carbonyl (C=O) groups excluding carboxylic acids is 3. The maximum atomic E-state index is 12.8. The van der Waals surface area contributed by atoms with Gasteiger partial charge in [-0.25, -0.2) is 0 Å². The van der Waals surface area contributed by atoms with Gasteiger partial charge in [-0.15, -0.1) is 0 Å². The molecule has 0 heterocycles. The van der Waals surface area contributed by atoms with Crippen molar-refractivity contribution in [2.75, 3.05) is 13.2 Å². The van der Waals surface area contributed by atoms with Crippen LogP contribution in [-0.4, -0.2) is 37.2 Å². The molecule has 0 aromatic carbocycles. The highest BCUT2D eigenvalue weighted by Crippen LogP contribution is 2.18. The first-order valence-corrected chi connectivity index (χ1v) is 27.8. The highest BCUT2D eigenvalue weighted by atomic mass is 16.6. The molecule has 6 nitrogen and oxygen atoms in total. The van der Waals surface area contributed by atoms with E-state index < -0.39 is 6.10 Å². The van der Waals surface area contributed by atoms with Crippen LogP contribution in [0.3, 0.4) is 0 Å². The molecule has 0 radical (unpaired) electrons. The quantitative estimate of drug-likeness (QED) is 0.0344. The second kappa shape index (κ2) is 48.9. The molecule has 0 aromatic rings. The molecule has 0 spiro atoms. The second-order valence-electron chi connectivity index (χ2n) is 19.9. The standard InChI is InChI=1S/C56H108O6/c1-6-8-9-10-11-12-13-20-25-28-31-38-43-48-56(59)62-53(50-61-55(58)47-42-37-33-32-35-40-45-52(5)7-2)49-60-54(57)46-41-36-30-27-24-22-19-17-15-14-16-18-21-23-26-29-34-39-44-51(3)4/h51-53H,6-50H2,1-5H3/t52?,53-/m0/s1. The van der Waals surface area contributed by atoms with Gasteiger partial charge in [-0.2, -0.15) is 0 Å². The normalized spacial score (nSPS) is 12.5. The van der Waals surface area contributed by atoms with Gasteiger partial charge in [0, 0.05) is 19.3 Å². The zero-order valence-electron chi connectivity index (χ0n) is 42.5. The van der Waals surface area contributed by atoms with Crippen LogP contribution in [0.15, 0.2) is 0 Å². The van der Waals surface area contributed by atoms with Crippen LogP contribution in [0, 0.1) is 11.8 Å². The van der Waals surface area contributed by atoms with Crippen LogP contribution in [-0.2, 0) is 28.6 Å². The summed E-state index contributed by atoms with van der Waals surface area (Å²) in [7, 11) is 0. The monoisotopic (exact) mass is 877 g/mol. The Kier molecular flexibility index (Phi) is 47.6. The summed E-state index contributed by atoms with van der Waals surface area (Å²) in [5.74, 6) is 0.827. The molecular weight excluding hydrogens is 769 g/mol. The van der Waals surface area contributed by atoms with Crippen molar-refractivity contribution in [1.29, 1.82) is 0 Å². The number of rotatable bonds is 50. The molecule has 2 atom stereocenters. The molecule has 0 amide bonds. The van der Waals surface area contributed by atoms with Gasteiger partial charge < -0.3 is 14.2 Å². The Morgan fingerprint density at radius 2 is 0.613 bits per heavy atom. The Morgan fingerprint density at radius 1 is 0.339 bits per heavy atom. The van der Waals surface area contributed by atoms with Crippen molar-refractivity contribution in [3.8, 4) is 0 Å². The molecule has 0 saturated heterocycles. The minimum absolute atomic E-state index is 0.0637. The lowest BCUT2D eigenvalue weighted by Crippen LogP contribution is -2.30. The van der Waals surface area contributed by atoms with E-state index in [2.05, 4.69) is 34.6 Å². The molecule has 62 heavy (non-hydrogen) atoms. The van der Waals surface area contributed by atoms with Crippen LogP contribution in [0.1, 0.15) is 311 Å². The topological polar surface area (TPSA) is 78.9 Å². The summed E-state index contributed by atoms with van der Waals surface area (Å²) in [4.78, 5) is 38.0. The second-order valence-corrected chi connectivity index (χ2v) is 19.9. The lowest BCUT2D eigenvalue weighted by atomic mass is 10.00. The molecule has 0 aliphatic carbocycles. The van der Waals surface area contributed by atoms with E-state index >= 15 is 0 Å². The molecule has 0 aliphatic rings.